The molecular weight excluding hydrogens is 432 g/mol. The average Bonchev–Trinajstić information content (AvgIpc) is 3.04. The molecular formula is C22H22N4O5S. The molecule has 166 valence electrons. The van der Waals surface area contributed by atoms with E-state index in [1.165, 1.54) is 34.9 Å². The lowest BCUT2D eigenvalue weighted by Gasteiger charge is -2.14. The van der Waals surface area contributed by atoms with Gasteiger partial charge in [0, 0.05) is 30.8 Å². The molecule has 0 spiro atoms. The molecule has 1 aliphatic heterocycles. The van der Waals surface area contributed by atoms with Crippen LogP contribution in [0.15, 0.2) is 66.2 Å². The number of benzene rings is 2. The monoisotopic (exact) mass is 454 g/mol. The average molecular weight is 455 g/mol. The SMILES string of the molecule is C=CCN1C(=O)[C@@H](CC(=O)Nc2cccc([N+](=O)[O-])c2)SC1=Nc1ccc(OCC)cc1. The molecule has 1 aliphatic rings. The molecule has 2 aromatic rings. The Balaban J connectivity index is 1.71. The van der Waals surface area contributed by atoms with E-state index < -0.39 is 16.1 Å². The van der Waals surface area contributed by atoms with Crippen LogP contribution >= 0.6 is 11.8 Å². The van der Waals surface area contributed by atoms with Crippen molar-refractivity contribution in [1.29, 1.82) is 0 Å². The largest absolute Gasteiger partial charge is 0.494 e. The minimum Gasteiger partial charge on any atom is -0.494 e. The van der Waals surface area contributed by atoms with E-state index in [0.29, 0.717) is 23.1 Å². The van der Waals surface area contributed by atoms with Crippen molar-refractivity contribution in [2.75, 3.05) is 18.5 Å². The molecule has 0 bridgehead atoms. The number of carbonyl (C=O) groups excluding carboxylic acids is 2. The summed E-state index contributed by atoms with van der Waals surface area (Å²) in [6.07, 6.45) is 1.50. The van der Waals surface area contributed by atoms with Gasteiger partial charge in [-0.1, -0.05) is 23.9 Å². The summed E-state index contributed by atoms with van der Waals surface area (Å²) in [5.74, 6) is 0.0660. The highest BCUT2D eigenvalue weighted by molar-refractivity contribution is 8.15. The molecule has 10 heteroatoms. The topological polar surface area (TPSA) is 114 Å². The van der Waals surface area contributed by atoms with Crippen LogP contribution in [0.5, 0.6) is 5.75 Å². The Hall–Kier alpha value is -3.66. The minimum atomic E-state index is -0.657. The first-order chi connectivity index (χ1) is 15.4. The van der Waals surface area contributed by atoms with Crippen molar-refractivity contribution in [2.45, 2.75) is 18.6 Å². The number of nitro groups is 1. The van der Waals surface area contributed by atoms with Gasteiger partial charge in [0.2, 0.25) is 11.8 Å². The van der Waals surface area contributed by atoms with Crippen LogP contribution in [-0.4, -0.2) is 45.2 Å². The third kappa shape index (κ3) is 5.73. The van der Waals surface area contributed by atoms with E-state index in [2.05, 4.69) is 16.9 Å². The smallest absolute Gasteiger partial charge is 0.271 e. The van der Waals surface area contributed by atoms with Crippen molar-refractivity contribution in [3.63, 3.8) is 0 Å². The van der Waals surface area contributed by atoms with E-state index in [9.17, 15) is 19.7 Å². The second-order valence-corrected chi connectivity index (χ2v) is 7.89. The Labute approximate surface area is 189 Å². The van der Waals surface area contributed by atoms with Crippen LogP contribution in [0, 0.1) is 10.1 Å². The van der Waals surface area contributed by atoms with Crippen LogP contribution < -0.4 is 10.1 Å². The summed E-state index contributed by atoms with van der Waals surface area (Å²) in [4.78, 5) is 41.7. The number of aliphatic imine (C=N–C) groups is 1. The van der Waals surface area contributed by atoms with Gasteiger partial charge in [-0.25, -0.2) is 4.99 Å². The fourth-order valence-electron chi connectivity index (χ4n) is 2.99. The quantitative estimate of drug-likeness (QED) is 0.346. The van der Waals surface area contributed by atoms with E-state index in [1.54, 1.807) is 36.4 Å². The Morgan fingerprint density at radius 3 is 2.75 bits per heavy atom. The summed E-state index contributed by atoms with van der Waals surface area (Å²) in [6.45, 7) is 6.42. The maximum Gasteiger partial charge on any atom is 0.271 e. The third-order valence-electron chi connectivity index (χ3n) is 4.42. The van der Waals surface area contributed by atoms with Crippen LogP contribution in [0.25, 0.3) is 0 Å². The number of non-ortho nitro benzene ring substituents is 1. The van der Waals surface area contributed by atoms with Crippen LogP contribution in [-0.2, 0) is 9.59 Å². The number of nitrogens with one attached hydrogen (secondary N) is 1. The van der Waals surface area contributed by atoms with Gasteiger partial charge in [-0.3, -0.25) is 24.6 Å². The first kappa shape index (κ1) is 23.0. The molecule has 0 aliphatic carbocycles. The lowest BCUT2D eigenvalue weighted by atomic mass is 10.2. The van der Waals surface area contributed by atoms with Crippen LogP contribution in [0.4, 0.5) is 17.1 Å². The van der Waals surface area contributed by atoms with E-state index in [-0.39, 0.29) is 24.6 Å². The van der Waals surface area contributed by atoms with Gasteiger partial charge in [0.05, 0.1) is 17.2 Å². The van der Waals surface area contributed by atoms with Crippen molar-refractivity contribution in [2.24, 2.45) is 4.99 Å². The summed E-state index contributed by atoms with van der Waals surface area (Å²) in [7, 11) is 0. The summed E-state index contributed by atoms with van der Waals surface area (Å²) in [5, 5.41) is 13.3. The van der Waals surface area contributed by atoms with Crippen molar-refractivity contribution < 1.29 is 19.2 Å². The maximum absolute atomic E-state index is 12.9. The Kier molecular flexibility index (Phi) is 7.61. The number of carbonyl (C=O) groups is 2. The van der Waals surface area contributed by atoms with E-state index >= 15 is 0 Å². The first-order valence-electron chi connectivity index (χ1n) is 9.86. The lowest BCUT2D eigenvalue weighted by Crippen LogP contribution is -2.33. The van der Waals surface area contributed by atoms with Crippen LogP contribution in [0.1, 0.15) is 13.3 Å². The number of ether oxygens (including phenoxy) is 1. The van der Waals surface area contributed by atoms with Gasteiger partial charge in [-0.2, -0.15) is 0 Å². The second kappa shape index (κ2) is 10.6. The molecule has 1 atom stereocenters. The zero-order chi connectivity index (χ0) is 23.1. The number of amidine groups is 1. The molecule has 2 amide bonds. The van der Waals surface area contributed by atoms with Gasteiger partial charge in [0.15, 0.2) is 5.17 Å². The molecule has 32 heavy (non-hydrogen) atoms. The number of hydrogen-bond acceptors (Lipinski definition) is 7. The molecule has 2 aromatic carbocycles. The minimum absolute atomic E-state index is 0.0951. The van der Waals surface area contributed by atoms with Crippen molar-refractivity contribution in [3.05, 3.63) is 71.3 Å². The normalized spacial score (nSPS) is 16.8. The Bertz CT molecular complexity index is 1050. The molecule has 0 unspecified atom stereocenters. The number of anilines is 1. The van der Waals surface area contributed by atoms with Gasteiger partial charge in [-0.15, -0.1) is 6.58 Å². The zero-order valence-electron chi connectivity index (χ0n) is 17.4. The summed E-state index contributed by atoms with van der Waals surface area (Å²) in [5.41, 5.74) is 0.821. The highest BCUT2D eigenvalue weighted by Gasteiger charge is 2.38. The standard InChI is InChI=1S/C22H22N4O5S/c1-3-12-25-21(28)19(14-20(27)23-16-6-5-7-17(13-16)26(29)30)32-22(25)24-15-8-10-18(11-9-15)31-4-2/h3,5-11,13,19H,1,4,12,14H2,2H3,(H,23,27)/t19-/m1/s1. The van der Waals surface area contributed by atoms with Crippen LogP contribution in [0.3, 0.4) is 0 Å². The Morgan fingerprint density at radius 2 is 2.09 bits per heavy atom. The van der Waals surface area contributed by atoms with Crippen LogP contribution in [0.2, 0.25) is 0 Å². The summed E-state index contributed by atoms with van der Waals surface area (Å²) < 4.78 is 5.42. The van der Waals surface area contributed by atoms with Gasteiger partial charge in [-0.05, 0) is 37.3 Å². The molecule has 1 N–H and O–H groups in total. The number of rotatable bonds is 9. The van der Waals surface area contributed by atoms with Gasteiger partial charge in [0.25, 0.3) is 5.69 Å². The predicted molar refractivity (Wildman–Crippen MR) is 124 cm³/mol. The van der Waals surface area contributed by atoms with Crippen molar-refractivity contribution >= 4 is 45.8 Å². The van der Waals surface area contributed by atoms with Gasteiger partial charge >= 0.3 is 0 Å². The highest BCUT2D eigenvalue weighted by Crippen LogP contribution is 2.32. The molecule has 1 fully saturated rings. The van der Waals surface area contributed by atoms with E-state index in [4.69, 9.17) is 4.74 Å². The van der Waals surface area contributed by atoms with Gasteiger partial charge in [0.1, 0.15) is 11.0 Å². The molecule has 1 saturated heterocycles. The number of amides is 2. The third-order valence-corrected chi connectivity index (χ3v) is 5.59. The molecule has 9 nitrogen and oxygen atoms in total. The first-order valence-corrected chi connectivity index (χ1v) is 10.7. The Morgan fingerprint density at radius 1 is 1.34 bits per heavy atom. The summed E-state index contributed by atoms with van der Waals surface area (Å²) in [6, 6.07) is 12.8. The van der Waals surface area contributed by atoms with E-state index in [1.807, 2.05) is 6.92 Å². The number of hydrogen-bond donors (Lipinski definition) is 1. The lowest BCUT2D eigenvalue weighted by molar-refractivity contribution is -0.384. The number of nitro benzene ring substituents is 1. The number of thioether (sulfide) groups is 1. The fraction of sp³-hybridized carbons (Fsp3) is 0.227. The number of nitrogens with zero attached hydrogens (tertiary/aromatic N) is 3. The van der Waals surface area contributed by atoms with Crippen molar-refractivity contribution in [1.82, 2.24) is 4.90 Å². The van der Waals surface area contributed by atoms with E-state index in [0.717, 1.165) is 5.75 Å². The predicted octanol–water partition coefficient (Wildman–Crippen LogP) is 4.14. The molecule has 0 saturated carbocycles. The second-order valence-electron chi connectivity index (χ2n) is 6.73. The maximum atomic E-state index is 12.9. The molecule has 1 heterocycles. The molecule has 0 aromatic heterocycles. The highest BCUT2D eigenvalue weighted by atomic mass is 32.2. The fourth-order valence-corrected chi connectivity index (χ4v) is 4.16. The molecule has 3 rings (SSSR count). The molecule has 0 radical (unpaired) electrons. The summed E-state index contributed by atoms with van der Waals surface area (Å²) >= 11 is 1.20. The van der Waals surface area contributed by atoms with Gasteiger partial charge < -0.3 is 10.1 Å². The zero-order valence-corrected chi connectivity index (χ0v) is 18.2. The van der Waals surface area contributed by atoms with Crippen molar-refractivity contribution in [3.8, 4) is 5.75 Å².